The topological polar surface area (TPSA) is 110 Å². The molecule has 2 aromatic rings. The van der Waals surface area contributed by atoms with E-state index in [1.165, 1.54) is 6.42 Å². The fourth-order valence-corrected chi connectivity index (χ4v) is 3.21. The lowest BCUT2D eigenvalue weighted by molar-refractivity contribution is 0.578. The van der Waals surface area contributed by atoms with E-state index in [1.807, 2.05) is 36.4 Å². The first-order chi connectivity index (χ1) is 11.7. The monoisotopic (exact) mass is 319 g/mol. The molecule has 0 radical (unpaired) electrons. The number of hydrogen-bond donors (Lipinski definition) is 2. The van der Waals surface area contributed by atoms with Gasteiger partial charge in [0, 0.05) is 29.9 Å². The molecule has 2 heterocycles. The number of H-pyrrole nitrogens is 1. The van der Waals surface area contributed by atoms with Crippen molar-refractivity contribution in [2.24, 2.45) is 0 Å². The highest BCUT2D eigenvalue weighted by molar-refractivity contribution is 5.87. The first kappa shape index (κ1) is 15.6. The number of piperidine rings is 1. The van der Waals surface area contributed by atoms with Crippen LogP contribution in [0.3, 0.4) is 0 Å². The third kappa shape index (κ3) is 2.59. The Hall–Kier alpha value is -3.25. The molecule has 6 nitrogen and oxygen atoms in total. The summed E-state index contributed by atoms with van der Waals surface area (Å²) in [4.78, 5) is 16.8. The number of para-hydroxylation sites is 1. The van der Waals surface area contributed by atoms with Gasteiger partial charge < -0.3 is 15.6 Å². The van der Waals surface area contributed by atoms with Crippen molar-refractivity contribution in [3.63, 3.8) is 0 Å². The van der Waals surface area contributed by atoms with E-state index in [4.69, 9.17) is 5.73 Å². The molecule has 3 rings (SSSR count). The molecule has 0 aliphatic carbocycles. The molecule has 1 fully saturated rings. The Morgan fingerprint density at radius 1 is 1.04 bits per heavy atom. The van der Waals surface area contributed by atoms with Gasteiger partial charge in [-0.1, -0.05) is 18.2 Å². The molecule has 1 aliphatic heterocycles. The van der Waals surface area contributed by atoms with Gasteiger partial charge in [0.25, 0.3) is 5.56 Å². The van der Waals surface area contributed by atoms with Crippen molar-refractivity contribution in [1.82, 2.24) is 4.98 Å². The number of aromatic nitrogens is 1. The Labute approximate surface area is 139 Å². The SMILES string of the molecule is N#Cc1c(N)[nH]c(=O)c(C#N)c1-c1ccccc1N1CCCCC1. The van der Waals surface area contributed by atoms with E-state index >= 15 is 0 Å². The summed E-state index contributed by atoms with van der Waals surface area (Å²) < 4.78 is 0. The summed E-state index contributed by atoms with van der Waals surface area (Å²) in [6, 6.07) is 11.5. The van der Waals surface area contributed by atoms with E-state index in [0.717, 1.165) is 31.6 Å². The summed E-state index contributed by atoms with van der Waals surface area (Å²) in [5.41, 5.74) is 7.25. The lowest BCUT2D eigenvalue weighted by Gasteiger charge is -2.31. The molecular formula is C18H17N5O. The molecule has 1 aromatic carbocycles. The fourth-order valence-electron chi connectivity index (χ4n) is 3.21. The minimum absolute atomic E-state index is 0.00931. The summed E-state index contributed by atoms with van der Waals surface area (Å²) >= 11 is 0. The fraction of sp³-hybridized carbons (Fsp3) is 0.278. The smallest absolute Gasteiger partial charge is 0.268 e. The van der Waals surface area contributed by atoms with Crippen LogP contribution in [0.25, 0.3) is 11.1 Å². The highest BCUT2D eigenvalue weighted by Gasteiger charge is 2.22. The third-order valence-electron chi connectivity index (χ3n) is 4.34. The Morgan fingerprint density at radius 2 is 1.71 bits per heavy atom. The van der Waals surface area contributed by atoms with E-state index in [0.29, 0.717) is 11.1 Å². The highest BCUT2D eigenvalue weighted by atomic mass is 16.1. The van der Waals surface area contributed by atoms with Gasteiger partial charge in [-0.05, 0) is 25.3 Å². The van der Waals surface area contributed by atoms with Crippen molar-refractivity contribution in [2.45, 2.75) is 19.3 Å². The predicted molar refractivity (Wildman–Crippen MR) is 92.4 cm³/mol. The maximum atomic E-state index is 12.1. The molecule has 0 saturated carbocycles. The Balaban J connectivity index is 2.30. The molecule has 3 N–H and O–H groups in total. The molecule has 0 atom stereocenters. The predicted octanol–water partition coefficient (Wildman–Crippen LogP) is 2.36. The van der Waals surface area contributed by atoms with Crippen LogP contribution in [0, 0.1) is 22.7 Å². The quantitative estimate of drug-likeness (QED) is 0.883. The van der Waals surface area contributed by atoms with Gasteiger partial charge in [-0.2, -0.15) is 10.5 Å². The van der Waals surface area contributed by atoms with Crippen LogP contribution in [0.2, 0.25) is 0 Å². The van der Waals surface area contributed by atoms with Crippen molar-refractivity contribution < 1.29 is 0 Å². The van der Waals surface area contributed by atoms with Crippen molar-refractivity contribution >= 4 is 11.5 Å². The van der Waals surface area contributed by atoms with Crippen LogP contribution in [-0.4, -0.2) is 18.1 Å². The van der Waals surface area contributed by atoms with Crippen molar-refractivity contribution in [1.29, 1.82) is 10.5 Å². The van der Waals surface area contributed by atoms with E-state index in [1.54, 1.807) is 0 Å². The molecular weight excluding hydrogens is 302 g/mol. The van der Waals surface area contributed by atoms with Crippen molar-refractivity contribution in [2.75, 3.05) is 23.7 Å². The standard InChI is InChI=1S/C18H17N5O/c19-10-13-16(14(11-20)18(24)22-17(13)21)12-6-2-3-7-15(12)23-8-4-1-5-9-23/h2-3,6-7H,1,4-5,8-9H2,(H3,21,22,24). The zero-order chi connectivity index (χ0) is 17.1. The normalized spacial score (nSPS) is 14.0. The third-order valence-corrected chi connectivity index (χ3v) is 4.34. The molecule has 0 amide bonds. The summed E-state index contributed by atoms with van der Waals surface area (Å²) in [7, 11) is 0. The zero-order valence-electron chi connectivity index (χ0n) is 13.2. The molecule has 1 aromatic heterocycles. The number of pyridine rings is 1. The number of aromatic amines is 1. The van der Waals surface area contributed by atoms with Gasteiger partial charge in [0.05, 0.1) is 0 Å². The molecule has 1 saturated heterocycles. The molecule has 1 aliphatic rings. The van der Waals surface area contributed by atoms with Crippen LogP contribution in [0.5, 0.6) is 0 Å². The van der Waals surface area contributed by atoms with Crippen LogP contribution in [0.1, 0.15) is 30.4 Å². The van der Waals surface area contributed by atoms with Crippen LogP contribution < -0.4 is 16.2 Å². The maximum Gasteiger partial charge on any atom is 0.268 e. The van der Waals surface area contributed by atoms with Gasteiger partial charge >= 0.3 is 0 Å². The number of benzene rings is 1. The number of nitrogens with two attached hydrogens (primary N) is 1. The maximum absolute atomic E-state index is 12.1. The largest absolute Gasteiger partial charge is 0.384 e. The molecule has 120 valence electrons. The van der Waals surface area contributed by atoms with Crippen LogP contribution in [0.4, 0.5) is 11.5 Å². The molecule has 24 heavy (non-hydrogen) atoms. The lowest BCUT2D eigenvalue weighted by Crippen LogP contribution is -2.30. The minimum atomic E-state index is -0.572. The van der Waals surface area contributed by atoms with Gasteiger partial charge in [-0.3, -0.25) is 4.79 Å². The number of nitrogens with zero attached hydrogens (tertiary/aromatic N) is 3. The van der Waals surface area contributed by atoms with E-state index in [2.05, 4.69) is 9.88 Å². The van der Waals surface area contributed by atoms with E-state index in [9.17, 15) is 15.3 Å². The summed E-state index contributed by atoms with van der Waals surface area (Å²) in [5.74, 6) is -0.00931. The van der Waals surface area contributed by atoms with Gasteiger partial charge in [0.2, 0.25) is 0 Å². The minimum Gasteiger partial charge on any atom is -0.384 e. The van der Waals surface area contributed by atoms with Gasteiger partial charge in [0.1, 0.15) is 29.1 Å². The molecule has 0 unspecified atom stereocenters. The molecule has 0 bridgehead atoms. The summed E-state index contributed by atoms with van der Waals surface area (Å²) in [5, 5.41) is 18.9. The van der Waals surface area contributed by atoms with Gasteiger partial charge in [0.15, 0.2) is 0 Å². The van der Waals surface area contributed by atoms with E-state index in [-0.39, 0.29) is 16.9 Å². The first-order valence-electron chi connectivity index (χ1n) is 7.87. The van der Waals surface area contributed by atoms with Crippen molar-refractivity contribution in [3.8, 4) is 23.3 Å². The first-order valence-corrected chi connectivity index (χ1v) is 7.87. The van der Waals surface area contributed by atoms with Gasteiger partial charge in [-0.15, -0.1) is 0 Å². The lowest BCUT2D eigenvalue weighted by atomic mass is 9.94. The second-order valence-electron chi connectivity index (χ2n) is 5.78. The number of nitriles is 2. The zero-order valence-corrected chi connectivity index (χ0v) is 13.2. The van der Waals surface area contributed by atoms with Crippen LogP contribution in [0.15, 0.2) is 29.1 Å². The highest BCUT2D eigenvalue weighted by Crippen LogP contribution is 2.36. The van der Waals surface area contributed by atoms with Crippen LogP contribution in [-0.2, 0) is 0 Å². The van der Waals surface area contributed by atoms with Crippen molar-refractivity contribution in [3.05, 3.63) is 45.7 Å². The van der Waals surface area contributed by atoms with Crippen LogP contribution >= 0.6 is 0 Å². The second kappa shape index (κ2) is 6.47. The summed E-state index contributed by atoms with van der Waals surface area (Å²) in [6.45, 7) is 1.83. The molecule has 0 spiro atoms. The average molecular weight is 319 g/mol. The number of hydrogen-bond acceptors (Lipinski definition) is 5. The summed E-state index contributed by atoms with van der Waals surface area (Å²) in [6.07, 6.45) is 3.40. The Bertz CT molecular complexity index is 910. The Kier molecular flexibility index (Phi) is 4.22. The number of nitrogens with one attached hydrogen (secondary N) is 1. The number of rotatable bonds is 2. The Morgan fingerprint density at radius 3 is 2.38 bits per heavy atom. The van der Waals surface area contributed by atoms with Gasteiger partial charge in [-0.25, -0.2) is 0 Å². The van der Waals surface area contributed by atoms with E-state index < -0.39 is 5.56 Å². The average Bonchev–Trinajstić information content (AvgIpc) is 2.62. The molecule has 6 heteroatoms. The number of nitrogen functional groups attached to an aromatic ring is 1. The number of anilines is 2. The second-order valence-corrected chi connectivity index (χ2v) is 5.78.